The smallest absolute Gasteiger partial charge is 0.154 e. The first-order valence-corrected chi connectivity index (χ1v) is 8.92. The van der Waals surface area contributed by atoms with Gasteiger partial charge >= 0.3 is 0 Å². The number of piperazine rings is 1. The van der Waals surface area contributed by atoms with E-state index in [1.165, 1.54) is 0 Å². The number of hydrogen-bond acceptors (Lipinski definition) is 4. The predicted octanol–water partition coefficient (Wildman–Crippen LogP) is 3.32. The number of nitrogens with zero attached hydrogens (tertiary/aromatic N) is 5. The molecular weight excluding hydrogens is 310 g/mol. The van der Waals surface area contributed by atoms with Crippen LogP contribution >= 0.6 is 0 Å². The number of fused-ring (bicyclic) bond motifs is 1. The zero-order valence-corrected chi connectivity index (χ0v) is 15.2. The molecule has 0 unspecified atom stereocenters. The molecule has 3 heterocycles. The number of anilines is 1. The average molecular weight is 335 g/mol. The Morgan fingerprint density at radius 3 is 2.28 bits per heavy atom. The van der Waals surface area contributed by atoms with E-state index in [1.54, 1.807) is 0 Å². The van der Waals surface area contributed by atoms with Gasteiger partial charge in [0.05, 0.1) is 11.9 Å². The minimum Gasteiger partial charge on any atom is -0.353 e. The highest BCUT2D eigenvalue weighted by atomic mass is 15.4. The third-order valence-corrected chi connectivity index (χ3v) is 4.97. The summed E-state index contributed by atoms with van der Waals surface area (Å²) in [5.74, 6) is 1.02. The van der Waals surface area contributed by atoms with Crippen LogP contribution in [-0.4, -0.2) is 51.2 Å². The Bertz CT molecular complexity index is 855. The summed E-state index contributed by atoms with van der Waals surface area (Å²) in [5, 5.41) is 4.88. The summed E-state index contributed by atoms with van der Waals surface area (Å²) in [7, 11) is 0. The molecule has 1 fully saturated rings. The molecule has 0 N–H and O–H groups in total. The lowest BCUT2D eigenvalue weighted by molar-refractivity contribution is 0.128. The van der Waals surface area contributed by atoms with Gasteiger partial charge in [-0.05, 0) is 32.9 Å². The number of benzene rings is 1. The zero-order valence-electron chi connectivity index (χ0n) is 15.2. The van der Waals surface area contributed by atoms with Crippen molar-refractivity contribution < 1.29 is 0 Å². The van der Waals surface area contributed by atoms with E-state index in [-0.39, 0.29) is 5.54 Å². The first-order valence-electron chi connectivity index (χ1n) is 8.92. The van der Waals surface area contributed by atoms with Gasteiger partial charge in [-0.15, -0.1) is 5.10 Å². The molecule has 4 rings (SSSR count). The zero-order chi connectivity index (χ0) is 17.4. The fourth-order valence-electron chi connectivity index (χ4n) is 3.44. The third-order valence-electron chi connectivity index (χ3n) is 4.97. The lowest BCUT2D eigenvalue weighted by Crippen LogP contribution is -2.53. The number of aromatic nitrogens is 3. The molecule has 5 heteroatoms. The van der Waals surface area contributed by atoms with Crippen LogP contribution < -0.4 is 4.90 Å². The van der Waals surface area contributed by atoms with E-state index in [9.17, 15) is 0 Å². The van der Waals surface area contributed by atoms with Gasteiger partial charge in [-0.3, -0.25) is 4.90 Å². The Hall–Kier alpha value is -2.40. The highest BCUT2D eigenvalue weighted by Crippen LogP contribution is 2.23. The van der Waals surface area contributed by atoms with Crippen LogP contribution in [0.1, 0.15) is 20.8 Å². The van der Waals surface area contributed by atoms with Gasteiger partial charge in [0, 0.05) is 37.3 Å². The minimum atomic E-state index is 0.230. The molecule has 1 aliphatic heterocycles. The summed E-state index contributed by atoms with van der Waals surface area (Å²) in [6, 6.07) is 14.5. The Morgan fingerprint density at radius 2 is 1.60 bits per heavy atom. The summed E-state index contributed by atoms with van der Waals surface area (Å²) in [5.41, 5.74) is 3.29. The van der Waals surface area contributed by atoms with Crippen LogP contribution in [0.25, 0.3) is 16.9 Å². The first-order chi connectivity index (χ1) is 12.0. The topological polar surface area (TPSA) is 36.7 Å². The van der Waals surface area contributed by atoms with Crippen molar-refractivity contribution in [3.05, 3.63) is 48.7 Å². The van der Waals surface area contributed by atoms with Crippen molar-refractivity contribution in [3.8, 4) is 11.3 Å². The second-order valence-electron chi connectivity index (χ2n) is 7.62. The summed E-state index contributed by atoms with van der Waals surface area (Å²) >= 11 is 0. The van der Waals surface area contributed by atoms with Crippen LogP contribution in [0.15, 0.2) is 48.7 Å². The molecule has 0 atom stereocenters. The minimum absolute atomic E-state index is 0.230. The normalized spacial score (nSPS) is 16.5. The Kier molecular flexibility index (Phi) is 3.96. The molecule has 0 aliphatic carbocycles. The molecule has 0 radical (unpaired) electrons. The van der Waals surface area contributed by atoms with Crippen LogP contribution in [0, 0.1) is 0 Å². The molecule has 0 saturated carbocycles. The van der Waals surface area contributed by atoms with Gasteiger partial charge in [-0.1, -0.05) is 30.3 Å². The summed E-state index contributed by atoms with van der Waals surface area (Å²) in [6.45, 7) is 11.0. The van der Waals surface area contributed by atoms with Crippen molar-refractivity contribution in [1.82, 2.24) is 19.5 Å². The van der Waals surface area contributed by atoms with Gasteiger partial charge in [0.1, 0.15) is 5.82 Å². The van der Waals surface area contributed by atoms with E-state index in [4.69, 9.17) is 5.10 Å². The molecule has 1 aliphatic rings. The van der Waals surface area contributed by atoms with Crippen molar-refractivity contribution in [1.29, 1.82) is 0 Å². The molecule has 130 valence electrons. The molecular formula is C20H25N5. The molecule has 3 aromatic rings. The van der Waals surface area contributed by atoms with Crippen molar-refractivity contribution in [2.24, 2.45) is 0 Å². The Morgan fingerprint density at radius 1 is 0.880 bits per heavy atom. The van der Waals surface area contributed by atoms with Gasteiger partial charge < -0.3 is 4.90 Å². The maximum absolute atomic E-state index is 4.88. The third kappa shape index (κ3) is 3.12. The summed E-state index contributed by atoms with van der Waals surface area (Å²) < 4.78 is 1.96. The van der Waals surface area contributed by atoms with Gasteiger partial charge in [-0.2, -0.15) is 0 Å². The van der Waals surface area contributed by atoms with Gasteiger partial charge in [0.25, 0.3) is 0 Å². The fraction of sp³-hybridized carbons (Fsp3) is 0.400. The van der Waals surface area contributed by atoms with Crippen molar-refractivity contribution >= 4 is 11.5 Å². The summed E-state index contributed by atoms with van der Waals surface area (Å²) in [4.78, 5) is 9.41. The summed E-state index contributed by atoms with van der Waals surface area (Å²) in [6.07, 6.45) is 1.90. The maximum atomic E-state index is 4.88. The highest BCUT2D eigenvalue weighted by molar-refractivity contribution is 5.63. The van der Waals surface area contributed by atoms with Gasteiger partial charge in [-0.25, -0.2) is 9.50 Å². The number of imidazole rings is 1. The molecule has 1 aromatic carbocycles. The molecule has 2 aromatic heterocycles. The highest BCUT2D eigenvalue weighted by Gasteiger charge is 2.26. The number of rotatable bonds is 2. The standard InChI is InChI=1S/C20H25N5/c1-20(2,3)24-13-11-23(12-14-24)19-10-9-18-21-15-17(25(18)22-19)16-7-5-4-6-8-16/h4-10,15H,11-14H2,1-3H3. The molecule has 0 amide bonds. The van der Waals surface area contributed by atoms with E-state index in [0.717, 1.165) is 48.9 Å². The molecule has 1 saturated heterocycles. The van der Waals surface area contributed by atoms with Crippen LogP contribution in [0.3, 0.4) is 0 Å². The average Bonchev–Trinajstić information content (AvgIpc) is 3.05. The molecule has 0 spiro atoms. The van der Waals surface area contributed by atoms with E-state index >= 15 is 0 Å². The van der Waals surface area contributed by atoms with Crippen LogP contribution in [0.5, 0.6) is 0 Å². The monoisotopic (exact) mass is 335 g/mol. The Balaban J connectivity index is 1.62. The van der Waals surface area contributed by atoms with Gasteiger partial charge in [0.2, 0.25) is 0 Å². The predicted molar refractivity (Wildman–Crippen MR) is 102 cm³/mol. The van der Waals surface area contributed by atoms with Crippen LogP contribution in [-0.2, 0) is 0 Å². The molecule has 5 nitrogen and oxygen atoms in total. The number of hydrogen-bond donors (Lipinski definition) is 0. The fourth-order valence-corrected chi connectivity index (χ4v) is 3.44. The van der Waals surface area contributed by atoms with Gasteiger partial charge in [0.15, 0.2) is 5.65 Å². The lowest BCUT2D eigenvalue weighted by Gasteiger charge is -2.42. The largest absolute Gasteiger partial charge is 0.353 e. The van der Waals surface area contributed by atoms with Crippen molar-refractivity contribution in [2.75, 3.05) is 31.1 Å². The van der Waals surface area contributed by atoms with E-state index in [0.29, 0.717) is 0 Å². The SMILES string of the molecule is CC(C)(C)N1CCN(c2ccc3ncc(-c4ccccc4)n3n2)CC1. The molecule has 0 bridgehead atoms. The van der Waals surface area contributed by atoms with E-state index in [2.05, 4.69) is 59.8 Å². The van der Waals surface area contributed by atoms with Crippen molar-refractivity contribution in [2.45, 2.75) is 26.3 Å². The molecule has 25 heavy (non-hydrogen) atoms. The van der Waals surface area contributed by atoms with Crippen molar-refractivity contribution in [3.63, 3.8) is 0 Å². The second kappa shape index (κ2) is 6.15. The maximum Gasteiger partial charge on any atom is 0.154 e. The van der Waals surface area contributed by atoms with Crippen LogP contribution in [0.4, 0.5) is 5.82 Å². The van der Waals surface area contributed by atoms with E-state index < -0.39 is 0 Å². The van der Waals surface area contributed by atoms with Crippen LogP contribution in [0.2, 0.25) is 0 Å². The Labute approximate surface area is 148 Å². The lowest BCUT2D eigenvalue weighted by atomic mass is 10.1. The quantitative estimate of drug-likeness (QED) is 0.720. The first kappa shape index (κ1) is 16.1. The van der Waals surface area contributed by atoms with E-state index in [1.807, 2.05) is 28.9 Å². The second-order valence-corrected chi connectivity index (χ2v) is 7.62.